The molecule has 3 aromatic rings. The molecule has 1 amide bonds. The summed E-state index contributed by atoms with van der Waals surface area (Å²) in [7, 11) is 0. The van der Waals surface area contributed by atoms with Crippen molar-refractivity contribution in [1.82, 2.24) is 30.3 Å². The first-order valence-electron chi connectivity index (χ1n) is 8.07. The second kappa shape index (κ2) is 5.95. The number of benzene rings is 1. The summed E-state index contributed by atoms with van der Waals surface area (Å²) in [5.41, 5.74) is 1.52. The summed E-state index contributed by atoms with van der Waals surface area (Å²) in [5.74, 6) is 0.583. The highest BCUT2D eigenvalue weighted by Crippen LogP contribution is 2.29. The number of aromatic nitrogens is 5. The van der Waals surface area contributed by atoms with Crippen molar-refractivity contribution >= 4 is 16.8 Å². The number of likely N-dealkylation sites (tertiary alicyclic amines) is 1. The van der Waals surface area contributed by atoms with Gasteiger partial charge in [0.1, 0.15) is 0 Å². The average Bonchev–Trinajstić information content (AvgIpc) is 3.23. The Morgan fingerprint density at radius 1 is 1.29 bits per heavy atom. The summed E-state index contributed by atoms with van der Waals surface area (Å²) < 4.78 is 0. The van der Waals surface area contributed by atoms with Crippen molar-refractivity contribution < 1.29 is 4.79 Å². The van der Waals surface area contributed by atoms with E-state index in [4.69, 9.17) is 0 Å². The van der Waals surface area contributed by atoms with Gasteiger partial charge < -0.3 is 4.90 Å². The van der Waals surface area contributed by atoms with E-state index in [-0.39, 0.29) is 17.6 Å². The van der Waals surface area contributed by atoms with Gasteiger partial charge in [0.25, 0.3) is 0 Å². The number of aromatic amines is 3. The Kier molecular flexibility index (Phi) is 3.64. The third-order valence-electron chi connectivity index (χ3n) is 4.52. The van der Waals surface area contributed by atoms with E-state index in [2.05, 4.69) is 25.4 Å². The number of fused-ring (bicyclic) bond motifs is 1. The number of rotatable bonds is 3. The van der Waals surface area contributed by atoms with Gasteiger partial charge in [-0.3, -0.25) is 14.9 Å². The van der Waals surface area contributed by atoms with Crippen molar-refractivity contribution in [3.05, 3.63) is 46.3 Å². The number of carbonyl (C=O) groups excluding carboxylic acids is 1. The fraction of sp³-hybridized carbons (Fsp3) is 0.375. The Labute approximate surface area is 137 Å². The van der Waals surface area contributed by atoms with Gasteiger partial charge in [0, 0.05) is 11.9 Å². The number of hydrogen-bond acceptors (Lipinski definition) is 4. The van der Waals surface area contributed by atoms with Gasteiger partial charge in [0.2, 0.25) is 5.91 Å². The van der Waals surface area contributed by atoms with Crippen molar-refractivity contribution in [3.63, 3.8) is 0 Å². The summed E-state index contributed by atoms with van der Waals surface area (Å²) in [6, 6.07) is 5.70. The normalized spacial score (nSPS) is 18.2. The lowest BCUT2D eigenvalue weighted by Crippen LogP contribution is -2.40. The molecule has 1 fully saturated rings. The number of hydrogen-bond donors (Lipinski definition) is 3. The maximum atomic E-state index is 12.8. The maximum absolute atomic E-state index is 12.8. The zero-order valence-electron chi connectivity index (χ0n) is 13.1. The average molecular weight is 326 g/mol. The van der Waals surface area contributed by atoms with Crippen molar-refractivity contribution in [1.29, 1.82) is 0 Å². The molecule has 0 saturated carbocycles. The highest BCUT2D eigenvalue weighted by atomic mass is 16.2. The van der Waals surface area contributed by atoms with Crippen molar-refractivity contribution in [3.8, 4) is 0 Å². The van der Waals surface area contributed by atoms with Crippen LogP contribution in [0.1, 0.15) is 36.7 Å². The van der Waals surface area contributed by atoms with E-state index in [9.17, 15) is 9.59 Å². The van der Waals surface area contributed by atoms with Crippen LogP contribution in [-0.2, 0) is 11.2 Å². The van der Waals surface area contributed by atoms with Gasteiger partial charge in [-0.1, -0.05) is 12.1 Å². The van der Waals surface area contributed by atoms with Gasteiger partial charge in [-0.05, 0) is 30.9 Å². The number of H-pyrrole nitrogens is 3. The first-order valence-corrected chi connectivity index (χ1v) is 8.07. The lowest BCUT2D eigenvalue weighted by atomic mass is 10.00. The largest absolute Gasteiger partial charge is 0.340 e. The van der Waals surface area contributed by atoms with E-state index < -0.39 is 0 Å². The lowest BCUT2D eigenvalue weighted by Gasteiger charge is -2.34. The second-order valence-electron chi connectivity index (χ2n) is 6.13. The summed E-state index contributed by atoms with van der Waals surface area (Å²) in [5, 5.41) is 14.3. The minimum Gasteiger partial charge on any atom is -0.332 e. The van der Waals surface area contributed by atoms with E-state index in [1.54, 1.807) is 6.20 Å². The molecule has 124 valence electrons. The van der Waals surface area contributed by atoms with Crippen LogP contribution in [0.3, 0.4) is 0 Å². The van der Waals surface area contributed by atoms with Gasteiger partial charge in [0.15, 0.2) is 5.82 Å². The highest BCUT2D eigenvalue weighted by Gasteiger charge is 2.30. The number of carbonyl (C=O) groups is 1. The Balaban J connectivity index is 1.55. The molecule has 1 aromatic carbocycles. The topological polar surface area (TPSA) is 111 Å². The van der Waals surface area contributed by atoms with Crippen LogP contribution in [-0.4, -0.2) is 42.7 Å². The standard InChI is InChI=1S/C16H18N6O2/c23-14(8-10-4-5-11-9-17-19-12(11)7-10)22-6-2-1-3-13(22)15-18-16(24)21-20-15/h4-5,7,9,13H,1-3,6,8H2,(H,17,19)(H2,18,20,21,24). The van der Waals surface area contributed by atoms with Crippen LogP contribution in [0.4, 0.5) is 0 Å². The zero-order valence-corrected chi connectivity index (χ0v) is 13.1. The first-order chi connectivity index (χ1) is 11.7. The van der Waals surface area contributed by atoms with Crippen LogP contribution in [0.15, 0.2) is 29.2 Å². The first kappa shape index (κ1) is 14.7. The van der Waals surface area contributed by atoms with Crippen molar-refractivity contribution in [2.24, 2.45) is 0 Å². The lowest BCUT2D eigenvalue weighted by molar-refractivity contribution is -0.134. The molecule has 2 aromatic heterocycles. The molecule has 4 rings (SSSR count). The summed E-state index contributed by atoms with van der Waals surface area (Å²) in [4.78, 5) is 28.6. The Morgan fingerprint density at radius 3 is 3.04 bits per heavy atom. The molecule has 1 aliphatic rings. The van der Waals surface area contributed by atoms with E-state index in [0.717, 1.165) is 35.7 Å². The molecule has 0 bridgehead atoms. The molecule has 1 saturated heterocycles. The molecule has 3 N–H and O–H groups in total. The van der Waals surface area contributed by atoms with E-state index in [1.807, 2.05) is 23.1 Å². The second-order valence-corrected chi connectivity index (χ2v) is 6.13. The van der Waals surface area contributed by atoms with Gasteiger partial charge >= 0.3 is 5.69 Å². The number of nitrogens with zero attached hydrogens (tertiary/aromatic N) is 3. The highest BCUT2D eigenvalue weighted by molar-refractivity contribution is 5.83. The molecule has 0 aliphatic carbocycles. The van der Waals surface area contributed by atoms with Gasteiger partial charge in [-0.25, -0.2) is 9.89 Å². The Hall–Kier alpha value is -2.90. The smallest absolute Gasteiger partial charge is 0.332 e. The molecule has 1 atom stereocenters. The number of nitrogens with one attached hydrogen (secondary N) is 3. The molecule has 1 aliphatic heterocycles. The van der Waals surface area contributed by atoms with Crippen LogP contribution in [0.25, 0.3) is 10.9 Å². The van der Waals surface area contributed by atoms with Crippen molar-refractivity contribution in [2.75, 3.05) is 6.54 Å². The van der Waals surface area contributed by atoms with Crippen LogP contribution in [0.2, 0.25) is 0 Å². The maximum Gasteiger partial charge on any atom is 0.340 e. The number of amides is 1. The monoisotopic (exact) mass is 326 g/mol. The van der Waals surface area contributed by atoms with Gasteiger partial charge in [0.05, 0.1) is 24.2 Å². The third kappa shape index (κ3) is 2.70. The Bertz CT molecular complexity index is 924. The molecule has 0 spiro atoms. The minimum atomic E-state index is -0.340. The minimum absolute atomic E-state index is 0.0439. The third-order valence-corrected chi connectivity index (χ3v) is 4.52. The van der Waals surface area contributed by atoms with E-state index >= 15 is 0 Å². The summed E-state index contributed by atoms with van der Waals surface area (Å²) >= 11 is 0. The molecular formula is C16H18N6O2. The predicted molar refractivity (Wildman–Crippen MR) is 87.3 cm³/mol. The molecule has 8 heteroatoms. The van der Waals surface area contributed by atoms with Gasteiger partial charge in [-0.2, -0.15) is 10.2 Å². The molecule has 24 heavy (non-hydrogen) atoms. The molecular weight excluding hydrogens is 308 g/mol. The fourth-order valence-corrected chi connectivity index (χ4v) is 3.33. The quantitative estimate of drug-likeness (QED) is 0.673. The fourth-order valence-electron chi connectivity index (χ4n) is 3.33. The molecule has 8 nitrogen and oxygen atoms in total. The van der Waals surface area contributed by atoms with Crippen LogP contribution < -0.4 is 5.69 Å². The van der Waals surface area contributed by atoms with Crippen LogP contribution >= 0.6 is 0 Å². The zero-order chi connectivity index (χ0) is 16.5. The molecule has 1 unspecified atom stereocenters. The molecule has 0 radical (unpaired) electrons. The SMILES string of the molecule is O=C(Cc1ccc2cn[nH]c2c1)N1CCCCC1c1n[nH]c(=O)[nH]1. The van der Waals surface area contributed by atoms with Gasteiger partial charge in [-0.15, -0.1) is 0 Å². The Morgan fingerprint density at radius 2 is 2.21 bits per heavy atom. The predicted octanol–water partition coefficient (Wildman–Crippen LogP) is 1.27. The van der Waals surface area contributed by atoms with Crippen LogP contribution in [0, 0.1) is 0 Å². The van der Waals surface area contributed by atoms with Crippen molar-refractivity contribution in [2.45, 2.75) is 31.7 Å². The summed E-state index contributed by atoms with van der Waals surface area (Å²) in [6.07, 6.45) is 4.88. The van der Waals surface area contributed by atoms with Crippen LogP contribution in [0.5, 0.6) is 0 Å². The van der Waals surface area contributed by atoms with E-state index in [1.165, 1.54) is 0 Å². The van der Waals surface area contributed by atoms with E-state index in [0.29, 0.717) is 18.8 Å². The molecule has 3 heterocycles. The summed E-state index contributed by atoms with van der Waals surface area (Å²) in [6.45, 7) is 0.685. The number of piperidine rings is 1.